The van der Waals surface area contributed by atoms with Gasteiger partial charge in [0, 0.05) is 32.0 Å². The average molecular weight is 714 g/mol. The second-order valence-corrected chi connectivity index (χ2v) is 12.3. The molecule has 0 spiro atoms. The Kier molecular flexibility index (Phi) is 15.7. The fraction of sp³-hybridized carbons (Fsp3) is 0.439. The number of hydrogen-bond acceptors (Lipinski definition) is 11. The highest BCUT2D eigenvalue weighted by molar-refractivity contribution is 5.79. The number of benzene rings is 3. The second-order valence-electron chi connectivity index (χ2n) is 12.3. The zero-order valence-electron chi connectivity index (χ0n) is 31.3. The Morgan fingerprint density at radius 1 is 0.462 bits per heavy atom. The van der Waals surface area contributed by atoms with E-state index in [-0.39, 0.29) is 23.1 Å². The van der Waals surface area contributed by atoms with E-state index in [0.717, 1.165) is 51.4 Å². The van der Waals surface area contributed by atoms with Crippen molar-refractivity contribution in [2.45, 2.75) is 92.9 Å². The predicted octanol–water partition coefficient (Wildman–Crippen LogP) is 9.44. The van der Waals surface area contributed by atoms with Gasteiger partial charge < -0.3 is 28.4 Å². The first kappa shape index (κ1) is 39.6. The Morgan fingerprint density at radius 2 is 0.769 bits per heavy atom. The normalized spacial score (nSPS) is 10.8. The van der Waals surface area contributed by atoms with Gasteiger partial charge in [0.2, 0.25) is 0 Å². The molecule has 0 atom stereocenters. The molecule has 3 aromatic carbocycles. The number of aromatic nitrogens is 3. The van der Waals surface area contributed by atoms with Crippen LogP contribution in [0.5, 0.6) is 34.5 Å². The van der Waals surface area contributed by atoms with Crippen molar-refractivity contribution >= 4 is 11.9 Å². The molecule has 0 unspecified atom stereocenters. The molecule has 1 heterocycles. The molecule has 11 heteroatoms. The highest BCUT2D eigenvalue weighted by Crippen LogP contribution is 2.39. The van der Waals surface area contributed by atoms with Crippen molar-refractivity contribution in [2.24, 2.45) is 0 Å². The summed E-state index contributed by atoms with van der Waals surface area (Å²) in [6, 6.07) is 16.0. The van der Waals surface area contributed by atoms with E-state index in [0.29, 0.717) is 71.9 Å². The maximum Gasteiger partial charge on any atom is 0.308 e. The maximum absolute atomic E-state index is 12.3. The SMILES string of the molecule is CCCCOc1ccc(-c2nc(-c3ccc(OCCCC)cc3OC(C)=O)nc(-c3ccc(OCCCC)cc3OC(C)=O)n2)c(OCCCC)c1. The Bertz CT molecular complexity index is 1690. The lowest BCUT2D eigenvalue weighted by Gasteiger charge is -2.16. The molecule has 52 heavy (non-hydrogen) atoms. The summed E-state index contributed by atoms with van der Waals surface area (Å²) >= 11 is 0. The first-order valence-electron chi connectivity index (χ1n) is 18.3. The summed E-state index contributed by atoms with van der Waals surface area (Å²) in [6.45, 7) is 13.1. The molecule has 4 rings (SSSR count). The largest absolute Gasteiger partial charge is 0.493 e. The summed E-state index contributed by atoms with van der Waals surface area (Å²) < 4.78 is 35.5. The van der Waals surface area contributed by atoms with Gasteiger partial charge in [0.1, 0.15) is 34.5 Å². The molecule has 0 radical (unpaired) electrons. The minimum absolute atomic E-state index is 0.219. The van der Waals surface area contributed by atoms with E-state index >= 15 is 0 Å². The van der Waals surface area contributed by atoms with E-state index in [1.165, 1.54) is 13.8 Å². The molecule has 0 aliphatic carbocycles. The van der Waals surface area contributed by atoms with Crippen LogP contribution < -0.4 is 28.4 Å². The van der Waals surface area contributed by atoms with Gasteiger partial charge in [0.15, 0.2) is 17.5 Å². The topological polar surface area (TPSA) is 128 Å². The lowest BCUT2D eigenvalue weighted by atomic mass is 10.1. The highest BCUT2D eigenvalue weighted by Gasteiger charge is 2.22. The number of ether oxygens (including phenoxy) is 6. The Labute approximate surface area is 307 Å². The zero-order chi connectivity index (χ0) is 37.3. The van der Waals surface area contributed by atoms with Crippen molar-refractivity contribution in [3.8, 4) is 68.7 Å². The van der Waals surface area contributed by atoms with Crippen LogP contribution in [0.2, 0.25) is 0 Å². The summed E-state index contributed by atoms with van der Waals surface area (Å²) in [6.07, 6.45) is 7.45. The van der Waals surface area contributed by atoms with Crippen molar-refractivity contribution < 1.29 is 38.0 Å². The Hall–Kier alpha value is -5.19. The van der Waals surface area contributed by atoms with Crippen LogP contribution in [0.4, 0.5) is 0 Å². The van der Waals surface area contributed by atoms with Crippen LogP contribution >= 0.6 is 0 Å². The lowest BCUT2D eigenvalue weighted by molar-refractivity contribution is -0.132. The van der Waals surface area contributed by atoms with Crippen LogP contribution in [0.1, 0.15) is 92.9 Å². The van der Waals surface area contributed by atoms with Gasteiger partial charge in [-0.05, 0) is 62.1 Å². The fourth-order valence-electron chi connectivity index (χ4n) is 5.00. The van der Waals surface area contributed by atoms with Crippen LogP contribution in [0.3, 0.4) is 0 Å². The van der Waals surface area contributed by atoms with Crippen molar-refractivity contribution in [3.63, 3.8) is 0 Å². The van der Waals surface area contributed by atoms with Gasteiger partial charge in [-0.3, -0.25) is 9.59 Å². The van der Waals surface area contributed by atoms with E-state index in [1.54, 1.807) is 36.4 Å². The number of unbranched alkanes of at least 4 members (excludes halogenated alkanes) is 4. The lowest BCUT2D eigenvalue weighted by Crippen LogP contribution is -2.08. The summed E-state index contributed by atoms with van der Waals surface area (Å²) in [5.41, 5.74) is 1.47. The molecule has 1 aromatic heterocycles. The molecule has 0 aliphatic rings. The average Bonchev–Trinajstić information content (AvgIpc) is 3.12. The molecule has 11 nitrogen and oxygen atoms in total. The summed E-state index contributed by atoms with van der Waals surface area (Å²) in [7, 11) is 0. The van der Waals surface area contributed by atoms with Crippen molar-refractivity contribution in [1.82, 2.24) is 15.0 Å². The van der Waals surface area contributed by atoms with Gasteiger partial charge in [0.25, 0.3) is 0 Å². The third-order valence-electron chi connectivity index (χ3n) is 7.78. The maximum atomic E-state index is 12.3. The molecule has 0 N–H and O–H groups in total. The molecular weight excluding hydrogens is 662 g/mol. The Morgan fingerprint density at radius 3 is 1.10 bits per heavy atom. The number of rotatable bonds is 21. The van der Waals surface area contributed by atoms with Gasteiger partial charge in [-0.15, -0.1) is 0 Å². The number of carbonyl (C=O) groups is 2. The zero-order valence-corrected chi connectivity index (χ0v) is 31.3. The standard InChI is InChI=1S/C41H51N3O8/c1-7-11-21-47-30-15-18-33(36(25-30)50-24-14-10-4)39-42-40(34-19-16-31(48-22-12-8-2)26-37(34)51-28(5)45)44-41(43-39)35-20-17-32(49-23-13-9-3)27-38(35)52-29(6)46/h15-20,25-27H,7-14,21-24H2,1-6H3. The minimum Gasteiger partial charge on any atom is -0.493 e. The van der Waals surface area contributed by atoms with Crippen molar-refractivity contribution in [3.05, 3.63) is 54.6 Å². The molecule has 0 fully saturated rings. The molecule has 0 saturated heterocycles. The molecule has 0 aliphatic heterocycles. The van der Waals surface area contributed by atoms with Crippen molar-refractivity contribution in [2.75, 3.05) is 26.4 Å². The van der Waals surface area contributed by atoms with E-state index in [2.05, 4.69) is 27.7 Å². The fourth-order valence-corrected chi connectivity index (χ4v) is 5.00. The summed E-state index contributed by atoms with van der Waals surface area (Å²) in [5.74, 6) is 2.47. The van der Waals surface area contributed by atoms with E-state index in [9.17, 15) is 9.59 Å². The molecule has 0 saturated carbocycles. The number of hydrogen-bond donors (Lipinski definition) is 0. The second kappa shape index (κ2) is 20.6. The molecule has 0 amide bonds. The molecule has 278 valence electrons. The molecule has 0 bridgehead atoms. The van der Waals surface area contributed by atoms with Crippen LogP contribution in [0, 0.1) is 0 Å². The third-order valence-corrected chi connectivity index (χ3v) is 7.78. The number of carbonyl (C=O) groups excluding carboxylic acids is 2. The first-order chi connectivity index (χ1) is 25.3. The van der Waals surface area contributed by atoms with Gasteiger partial charge in [-0.25, -0.2) is 15.0 Å². The predicted molar refractivity (Wildman–Crippen MR) is 200 cm³/mol. The molecular formula is C41H51N3O8. The minimum atomic E-state index is -0.512. The van der Waals surface area contributed by atoms with Crippen LogP contribution in [0.15, 0.2) is 54.6 Å². The van der Waals surface area contributed by atoms with Gasteiger partial charge >= 0.3 is 11.9 Å². The number of esters is 2. The quantitative estimate of drug-likeness (QED) is 0.0465. The van der Waals surface area contributed by atoms with Crippen molar-refractivity contribution in [1.29, 1.82) is 0 Å². The summed E-state index contributed by atoms with van der Waals surface area (Å²) in [4.78, 5) is 39.3. The first-order valence-corrected chi connectivity index (χ1v) is 18.3. The van der Waals surface area contributed by atoms with Gasteiger partial charge in [-0.2, -0.15) is 0 Å². The number of nitrogens with zero attached hydrogens (tertiary/aromatic N) is 3. The molecule has 4 aromatic rings. The Balaban J connectivity index is 1.94. The van der Waals surface area contributed by atoms with Gasteiger partial charge in [0.05, 0.1) is 43.1 Å². The third kappa shape index (κ3) is 11.7. The van der Waals surface area contributed by atoms with E-state index in [1.807, 2.05) is 18.2 Å². The highest BCUT2D eigenvalue weighted by atomic mass is 16.5. The van der Waals surface area contributed by atoms with Crippen LogP contribution in [-0.2, 0) is 9.59 Å². The van der Waals surface area contributed by atoms with Crippen LogP contribution in [0.25, 0.3) is 34.2 Å². The summed E-state index contributed by atoms with van der Waals surface area (Å²) in [5, 5.41) is 0. The monoisotopic (exact) mass is 713 g/mol. The van der Waals surface area contributed by atoms with Crippen LogP contribution in [-0.4, -0.2) is 53.3 Å². The van der Waals surface area contributed by atoms with Gasteiger partial charge in [-0.1, -0.05) is 53.4 Å². The van der Waals surface area contributed by atoms with E-state index < -0.39 is 11.9 Å². The smallest absolute Gasteiger partial charge is 0.308 e. The van der Waals surface area contributed by atoms with E-state index in [4.69, 9.17) is 43.4 Å².